The Morgan fingerprint density at radius 1 is 1.12 bits per heavy atom. The molecule has 2 amide bonds. The second kappa shape index (κ2) is 11.2. The third kappa shape index (κ3) is 5.41. The van der Waals surface area contributed by atoms with Gasteiger partial charge in [-0.15, -0.1) is 0 Å². The van der Waals surface area contributed by atoms with Gasteiger partial charge in [-0.25, -0.2) is 4.39 Å². The summed E-state index contributed by atoms with van der Waals surface area (Å²) in [6.07, 6.45) is 5.75. The first kappa shape index (κ1) is 25.8. The molecular weight excluding hydrogens is 437 g/mol. The summed E-state index contributed by atoms with van der Waals surface area (Å²) in [4.78, 5) is 28.0. The van der Waals surface area contributed by atoms with Crippen molar-refractivity contribution in [1.29, 1.82) is 0 Å². The van der Waals surface area contributed by atoms with Crippen LogP contribution in [0.5, 0.6) is 0 Å². The molecule has 4 atom stereocenters. The number of likely N-dealkylation sites (tertiary alicyclic amines) is 1. The summed E-state index contributed by atoms with van der Waals surface area (Å²) in [5.41, 5.74) is 11.8. The number of amides is 2. The van der Waals surface area contributed by atoms with E-state index in [0.717, 1.165) is 51.6 Å². The van der Waals surface area contributed by atoms with Gasteiger partial charge >= 0.3 is 0 Å². The van der Waals surface area contributed by atoms with E-state index < -0.39 is 23.9 Å². The van der Waals surface area contributed by atoms with Crippen LogP contribution in [0.3, 0.4) is 0 Å². The Balaban J connectivity index is 1.53. The molecule has 0 spiro atoms. The van der Waals surface area contributed by atoms with E-state index in [0.29, 0.717) is 13.0 Å². The van der Waals surface area contributed by atoms with Crippen molar-refractivity contribution >= 4 is 11.8 Å². The maximum atomic E-state index is 14.1. The molecule has 8 N–H and O–H groups in total. The Morgan fingerprint density at radius 2 is 1.82 bits per heavy atom. The van der Waals surface area contributed by atoms with Gasteiger partial charge in [-0.3, -0.25) is 20.2 Å². The second-order valence-corrected chi connectivity index (χ2v) is 11.0. The average Bonchev–Trinajstić information content (AvgIpc) is 2.83. The third-order valence-corrected chi connectivity index (χ3v) is 8.81. The van der Waals surface area contributed by atoms with Crippen LogP contribution >= 0.6 is 0 Å². The van der Waals surface area contributed by atoms with Gasteiger partial charge in [0.1, 0.15) is 6.17 Å². The molecule has 3 heterocycles. The highest BCUT2D eigenvalue weighted by molar-refractivity contribution is 5.81. The topological polar surface area (TPSA) is 138 Å². The molecule has 4 unspecified atom stereocenters. The lowest BCUT2D eigenvalue weighted by Crippen LogP contribution is -2.77. The zero-order valence-corrected chi connectivity index (χ0v) is 20.5. The summed E-state index contributed by atoms with van der Waals surface area (Å²) in [6, 6.07) is -0.0929. The van der Waals surface area contributed by atoms with Gasteiger partial charge < -0.3 is 27.0 Å². The van der Waals surface area contributed by atoms with E-state index >= 15 is 0 Å². The minimum atomic E-state index is -1.01. The fourth-order valence-corrected chi connectivity index (χ4v) is 6.90. The Morgan fingerprint density at radius 3 is 2.47 bits per heavy atom. The summed E-state index contributed by atoms with van der Waals surface area (Å²) >= 11 is 0. The van der Waals surface area contributed by atoms with E-state index in [2.05, 4.69) is 21.3 Å². The van der Waals surface area contributed by atoms with Crippen LogP contribution in [-0.4, -0.2) is 80.5 Å². The standard InChI is InChI=1S/C24H44FN7O2/c1-32-10-8-15(11-20(32)33)18-7-9-28-14-19(18)31-23(34)21(22(26)27)24(16-5-3-2-4-6-16)29-12-17(25)13-30-24/h15-19,21-22,28-30H,2-14,26-27H2,1H3,(H,31,34). The van der Waals surface area contributed by atoms with Crippen LogP contribution in [0.2, 0.25) is 0 Å². The van der Waals surface area contributed by atoms with E-state index in [9.17, 15) is 14.0 Å². The number of carbonyl (C=O) groups is 2. The average molecular weight is 482 g/mol. The molecular formula is C24H44FN7O2. The van der Waals surface area contributed by atoms with Gasteiger partial charge in [0, 0.05) is 45.7 Å². The zero-order chi connectivity index (χ0) is 24.3. The van der Waals surface area contributed by atoms with E-state index in [4.69, 9.17) is 11.5 Å². The van der Waals surface area contributed by atoms with Crippen LogP contribution in [0, 0.1) is 23.7 Å². The molecule has 1 saturated carbocycles. The van der Waals surface area contributed by atoms with E-state index in [-0.39, 0.29) is 48.7 Å². The van der Waals surface area contributed by atoms with Crippen LogP contribution in [0.25, 0.3) is 0 Å². The highest BCUT2D eigenvalue weighted by atomic mass is 19.1. The van der Waals surface area contributed by atoms with E-state index in [1.54, 1.807) is 4.90 Å². The Bertz CT molecular complexity index is 709. The first-order valence-electron chi connectivity index (χ1n) is 13.2. The molecule has 4 aliphatic rings. The molecule has 194 valence electrons. The van der Waals surface area contributed by atoms with Gasteiger partial charge in [-0.1, -0.05) is 19.3 Å². The molecule has 10 heteroatoms. The predicted molar refractivity (Wildman–Crippen MR) is 129 cm³/mol. The van der Waals surface area contributed by atoms with Gasteiger partial charge in [0.2, 0.25) is 11.8 Å². The summed E-state index contributed by atoms with van der Waals surface area (Å²) in [5.74, 6) is -0.0990. The van der Waals surface area contributed by atoms with Crippen LogP contribution in [-0.2, 0) is 9.59 Å². The lowest BCUT2D eigenvalue weighted by molar-refractivity contribution is -0.135. The maximum Gasteiger partial charge on any atom is 0.229 e. The zero-order valence-electron chi connectivity index (χ0n) is 20.5. The lowest BCUT2D eigenvalue weighted by Gasteiger charge is -2.52. The Kier molecular flexibility index (Phi) is 8.45. The Hall–Kier alpha value is -1.33. The minimum Gasteiger partial charge on any atom is -0.351 e. The van der Waals surface area contributed by atoms with Gasteiger partial charge in [-0.05, 0) is 50.0 Å². The van der Waals surface area contributed by atoms with Crippen molar-refractivity contribution < 1.29 is 14.0 Å². The molecule has 0 bridgehead atoms. The molecule has 3 aliphatic heterocycles. The lowest BCUT2D eigenvalue weighted by atomic mass is 9.70. The fourth-order valence-electron chi connectivity index (χ4n) is 6.90. The molecule has 0 aromatic carbocycles. The number of nitrogens with two attached hydrogens (primary N) is 2. The van der Waals surface area contributed by atoms with Gasteiger partial charge in [0.05, 0.1) is 17.7 Å². The van der Waals surface area contributed by atoms with Crippen molar-refractivity contribution in [3.63, 3.8) is 0 Å². The SMILES string of the molecule is CN1CCC(C2CCNCC2NC(=O)C(C(N)N)C2(C3CCCCC3)NCC(F)CN2)CC1=O. The quantitative estimate of drug-likeness (QED) is 0.284. The largest absolute Gasteiger partial charge is 0.351 e. The minimum absolute atomic E-state index is 0.0929. The first-order chi connectivity index (χ1) is 16.3. The summed E-state index contributed by atoms with van der Waals surface area (Å²) in [7, 11) is 1.85. The smallest absolute Gasteiger partial charge is 0.229 e. The molecule has 0 aromatic heterocycles. The van der Waals surface area contributed by atoms with Crippen LogP contribution in [0.15, 0.2) is 0 Å². The number of alkyl halides is 1. The van der Waals surface area contributed by atoms with Crippen LogP contribution in [0.1, 0.15) is 51.4 Å². The van der Waals surface area contributed by atoms with Crippen molar-refractivity contribution in [1.82, 2.24) is 26.2 Å². The number of hydrogen-bond acceptors (Lipinski definition) is 7. The summed E-state index contributed by atoms with van der Waals surface area (Å²) < 4.78 is 14.1. The van der Waals surface area contributed by atoms with Gasteiger partial charge in [0.15, 0.2) is 0 Å². The van der Waals surface area contributed by atoms with Crippen LogP contribution in [0.4, 0.5) is 4.39 Å². The molecule has 0 aromatic rings. The van der Waals surface area contributed by atoms with Crippen molar-refractivity contribution in [3.8, 4) is 0 Å². The third-order valence-electron chi connectivity index (χ3n) is 8.81. The predicted octanol–water partition coefficient (Wildman–Crippen LogP) is -0.384. The number of piperidine rings is 2. The molecule has 4 rings (SSSR count). The normalized spacial score (nSPS) is 37.0. The second-order valence-electron chi connectivity index (χ2n) is 11.0. The molecule has 0 radical (unpaired) electrons. The fraction of sp³-hybridized carbons (Fsp3) is 0.917. The number of carbonyl (C=O) groups excluding carboxylic acids is 2. The molecule has 1 aliphatic carbocycles. The van der Waals surface area contributed by atoms with E-state index in [1.807, 2.05) is 7.05 Å². The molecule has 4 fully saturated rings. The summed E-state index contributed by atoms with van der Waals surface area (Å²) in [6.45, 7) is 2.67. The van der Waals surface area contributed by atoms with Crippen molar-refractivity contribution in [2.24, 2.45) is 35.1 Å². The maximum absolute atomic E-state index is 14.1. The number of rotatable bonds is 6. The first-order valence-corrected chi connectivity index (χ1v) is 13.2. The van der Waals surface area contributed by atoms with Crippen LogP contribution < -0.4 is 32.7 Å². The van der Waals surface area contributed by atoms with E-state index in [1.165, 1.54) is 6.42 Å². The van der Waals surface area contributed by atoms with Crippen molar-refractivity contribution in [2.45, 2.75) is 75.4 Å². The summed E-state index contributed by atoms with van der Waals surface area (Å²) in [5, 5.41) is 13.4. The number of halogens is 1. The van der Waals surface area contributed by atoms with Gasteiger partial charge in [-0.2, -0.15) is 0 Å². The molecule has 9 nitrogen and oxygen atoms in total. The molecule has 3 saturated heterocycles. The van der Waals surface area contributed by atoms with Crippen molar-refractivity contribution in [3.05, 3.63) is 0 Å². The highest BCUT2D eigenvalue weighted by Crippen LogP contribution is 2.38. The highest BCUT2D eigenvalue weighted by Gasteiger charge is 2.52. The van der Waals surface area contributed by atoms with Gasteiger partial charge in [0.25, 0.3) is 0 Å². The molecule has 34 heavy (non-hydrogen) atoms. The number of nitrogens with one attached hydrogen (secondary N) is 4. The van der Waals surface area contributed by atoms with Crippen molar-refractivity contribution in [2.75, 3.05) is 39.8 Å². The number of nitrogens with zero attached hydrogens (tertiary/aromatic N) is 1. The monoisotopic (exact) mass is 481 g/mol. The number of hydrogen-bond donors (Lipinski definition) is 6. The Labute approximate surface area is 202 Å².